The normalized spacial score (nSPS) is 20.9. The predicted octanol–water partition coefficient (Wildman–Crippen LogP) is 1.95. The average Bonchev–Trinajstić information content (AvgIpc) is 2.84. The molecule has 0 spiro atoms. The molecule has 2 rings (SSSR count). The highest BCUT2D eigenvalue weighted by Crippen LogP contribution is 2.12. The Bertz CT molecular complexity index is 318. The van der Waals surface area contributed by atoms with Gasteiger partial charge in [0.25, 0.3) is 0 Å². The first-order valence-corrected chi connectivity index (χ1v) is 6.59. The zero-order chi connectivity index (χ0) is 11.2. The lowest BCUT2D eigenvalue weighted by Gasteiger charge is -2.22. The lowest BCUT2D eigenvalue weighted by Crippen LogP contribution is -2.32. The van der Waals surface area contributed by atoms with E-state index in [4.69, 9.17) is 4.74 Å². The highest BCUT2D eigenvalue weighted by atomic mass is 32.1. The fraction of sp³-hybridized carbons (Fsp3) is 0.583. The summed E-state index contributed by atoms with van der Waals surface area (Å²) in [6, 6.07) is 3.74. The number of nitrogens with one attached hydrogen (secondary N) is 1. The Labute approximate surface area is 99.8 Å². The van der Waals surface area contributed by atoms with Gasteiger partial charge in [0.2, 0.25) is 0 Å². The van der Waals surface area contributed by atoms with E-state index in [1.807, 2.05) is 17.5 Å². The summed E-state index contributed by atoms with van der Waals surface area (Å²) < 4.78 is 5.48. The average molecular weight is 239 g/mol. The number of ketones is 1. The number of carbonyl (C=O) groups excluding carboxylic acids is 1. The molecule has 1 aromatic heterocycles. The van der Waals surface area contributed by atoms with Gasteiger partial charge in [0.15, 0.2) is 5.78 Å². The zero-order valence-electron chi connectivity index (χ0n) is 9.28. The summed E-state index contributed by atoms with van der Waals surface area (Å²) in [5, 5.41) is 5.25. The van der Waals surface area contributed by atoms with Crippen LogP contribution in [0.25, 0.3) is 0 Å². The molecule has 1 aromatic rings. The van der Waals surface area contributed by atoms with Gasteiger partial charge in [0, 0.05) is 6.54 Å². The van der Waals surface area contributed by atoms with Crippen LogP contribution in [0.5, 0.6) is 0 Å². The molecule has 0 aliphatic carbocycles. The van der Waals surface area contributed by atoms with Crippen molar-refractivity contribution >= 4 is 17.1 Å². The fourth-order valence-electron chi connectivity index (χ4n) is 1.89. The second-order valence-electron chi connectivity index (χ2n) is 4.13. The van der Waals surface area contributed by atoms with Gasteiger partial charge in [-0.05, 0) is 36.8 Å². The number of ether oxygens (including phenoxy) is 1. The number of piperidine rings is 1. The van der Waals surface area contributed by atoms with Crippen LogP contribution in [-0.4, -0.2) is 32.1 Å². The quantitative estimate of drug-likeness (QED) is 0.798. The van der Waals surface area contributed by atoms with Gasteiger partial charge < -0.3 is 10.1 Å². The van der Waals surface area contributed by atoms with Crippen molar-refractivity contribution < 1.29 is 9.53 Å². The van der Waals surface area contributed by atoms with Gasteiger partial charge in [-0.15, -0.1) is 11.3 Å². The van der Waals surface area contributed by atoms with Crippen LogP contribution in [0.1, 0.15) is 22.5 Å². The Morgan fingerprint density at radius 1 is 1.62 bits per heavy atom. The molecule has 0 amide bonds. The molecule has 1 N–H and O–H groups in total. The molecular formula is C12H17NO2S. The summed E-state index contributed by atoms with van der Waals surface area (Å²) in [4.78, 5) is 12.4. The van der Waals surface area contributed by atoms with Gasteiger partial charge in [-0.3, -0.25) is 4.79 Å². The smallest absolute Gasteiger partial charge is 0.198 e. The van der Waals surface area contributed by atoms with Crippen LogP contribution in [0.15, 0.2) is 17.5 Å². The van der Waals surface area contributed by atoms with Crippen LogP contribution in [0.3, 0.4) is 0 Å². The standard InChI is InChI=1S/C12H17NO2S/c14-11(12-4-2-6-16-12)9-15-8-10-3-1-5-13-7-10/h2,4,6,10,13H,1,3,5,7-9H2/t10-/m1/s1. The monoisotopic (exact) mass is 239 g/mol. The second kappa shape index (κ2) is 6.13. The molecule has 1 aliphatic heterocycles. The summed E-state index contributed by atoms with van der Waals surface area (Å²) >= 11 is 1.48. The SMILES string of the molecule is O=C(COC[C@@H]1CCCNC1)c1cccs1. The first kappa shape index (κ1) is 11.8. The van der Waals surface area contributed by atoms with Crippen molar-refractivity contribution in [2.45, 2.75) is 12.8 Å². The van der Waals surface area contributed by atoms with Gasteiger partial charge in [-0.1, -0.05) is 6.07 Å². The minimum absolute atomic E-state index is 0.0961. The minimum Gasteiger partial charge on any atom is -0.373 e. The van der Waals surface area contributed by atoms with Crippen molar-refractivity contribution in [1.82, 2.24) is 5.32 Å². The van der Waals surface area contributed by atoms with E-state index in [0.29, 0.717) is 12.5 Å². The first-order valence-electron chi connectivity index (χ1n) is 5.71. The number of thiophene rings is 1. The zero-order valence-corrected chi connectivity index (χ0v) is 10.1. The predicted molar refractivity (Wildman–Crippen MR) is 65.1 cm³/mol. The lowest BCUT2D eigenvalue weighted by molar-refractivity contribution is 0.0649. The third kappa shape index (κ3) is 3.40. The fourth-order valence-corrected chi connectivity index (χ4v) is 2.54. The summed E-state index contributed by atoms with van der Waals surface area (Å²) in [5.41, 5.74) is 0. The van der Waals surface area contributed by atoms with E-state index in [9.17, 15) is 4.79 Å². The maximum atomic E-state index is 11.6. The Kier molecular flexibility index (Phi) is 4.51. The molecule has 1 fully saturated rings. The molecule has 0 radical (unpaired) electrons. The molecule has 0 saturated carbocycles. The molecule has 1 aliphatic rings. The lowest BCUT2D eigenvalue weighted by atomic mass is 10.0. The highest BCUT2D eigenvalue weighted by Gasteiger charge is 2.14. The third-order valence-electron chi connectivity index (χ3n) is 2.78. The van der Waals surface area contributed by atoms with Crippen LogP contribution in [-0.2, 0) is 4.74 Å². The number of rotatable bonds is 5. The molecule has 1 atom stereocenters. The van der Waals surface area contributed by atoms with Crippen LogP contribution < -0.4 is 5.32 Å². The number of hydrogen-bond acceptors (Lipinski definition) is 4. The second-order valence-corrected chi connectivity index (χ2v) is 5.08. The molecule has 16 heavy (non-hydrogen) atoms. The van der Waals surface area contributed by atoms with Gasteiger partial charge >= 0.3 is 0 Å². The van der Waals surface area contributed by atoms with Gasteiger partial charge in [-0.25, -0.2) is 0 Å². The van der Waals surface area contributed by atoms with Gasteiger partial charge in [0.1, 0.15) is 6.61 Å². The van der Waals surface area contributed by atoms with Gasteiger partial charge in [0.05, 0.1) is 11.5 Å². The Morgan fingerprint density at radius 2 is 2.56 bits per heavy atom. The molecule has 0 unspecified atom stereocenters. The molecule has 0 aromatic carbocycles. The van der Waals surface area contributed by atoms with E-state index < -0.39 is 0 Å². The highest BCUT2D eigenvalue weighted by molar-refractivity contribution is 7.12. The molecular weight excluding hydrogens is 222 g/mol. The summed E-state index contributed by atoms with van der Waals surface area (Å²) in [6.07, 6.45) is 2.42. The largest absolute Gasteiger partial charge is 0.373 e. The van der Waals surface area contributed by atoms with Crippen LogP contribution in [0.4, 0.5) is 0 Å². The summed E-state index contributed by atoms with van der Waals surface area (Å²) in [5.74, 6) is 0.670. The Balaban J connectivity index is 1.66. The van der Waals surface area contributed by atoms with E-state index in [2.05, 4.69) is 5.32 Å². The molecule has 3 nitrogen and oxygen atoms in total. The number of Topliss-reactive ketones (excluding diaryl/α,β-unsaturated/α-hetero) is 1. The Morgan fingerprint density at radius 3 is 3.25 bits per heavy atom. The topological polar surface area (TPSA) is 38.3 Å². The van der Waals surface area contributed by atoms with Crippen molar-refractivity contribution in [2.75, 3.05) is 26.3 Å². The number of carbonyl (C=O) groups is 1. The van der Waals surface area contributed by atoms with Crippen molar-refractivity contribution in [3.8, 4) is 0 Å². The van der Waals surface area contributed by atoms with Crippen molar-refractivity contribution in [1.29, 1.82) is 0 Å². The van der Waals surface area contributed by atoms with E-state index in [0.717, 1.165) is 18.0 Å². The van der Waals surface area contributed by atoms with Crippen molar-refractivity contribution in [3.05, 3.63) is 22.4 Å². The third-order valence-corrected chi connectivity index (χ3v) is 3.69. The van der Waals surface area contributed by atoms with E-state index in [-0.39, 0.29) is 12.4 Å². The molecule has 2 heterocycles. The van der Waals surface area contributed by atoms with E-state index in [1.54, 1.807) is 0 Å². The minimum atomic E-state index is 0.0961. The summed E-state index contributed by atoms with van der Waals surface area (Å²) in [7, 11) is 0. The van der Waals surface area contributed by atoms with Crippen LogP contribution in [0.2, 0.25) is 0 Å². The molecule has 1 saturated heterocycles. The van der Waals surface area contributed by atoms with Crippen LogP contribution >= 0.6 is 11.3 Å². The molecule has 88 valence electrons. The van der Waals surface area contributed by atoms with Crippen LogP contribution in [0, 0.1) is 5.92 Å². The van der Waals surface area contributed by atoms with E-state index in [1.165, 1.54) is 24.2 Å². The van der Waals surface area contributed by atoms with Crippen molar-refractivity contribution in [3.63, 3.8) is 0 Å². The van der Waals surface area contributed by atoms with Crippen molar-refractivity contribution in [2.24, 2.45) is 5.92 Å². The maximum Gasteiger partial charge on any atom is 0.198 e. The van der Waals surface area contributed by atoms with E-state index >= 15 is 0 Å². The summed E-state index contributed by atoms with van der Waals surface area (Å²) in [6.45, 7) is 3.05. The van der Waals surface area contributed by atoms with Gasteiger partial charge in [-0.2, -0.15) is 0 Å². The first-order chi connectivity index (χ1) is 7.86. The molecule has 4 heteroatoms. The Hall–Kier alpha value is -0.710. The maximum absolute atomic E-state index is 11.6. The molecule has 0 bridgehead atoms. The number of hydrogen-bond donors (Lipinski definition) is 1.